The Bertz CT molecular complexity index is 2080. The van der Waals surface area contributed by atoms with Gasteiger partial charge in [0.2, 0.25) is 11.8 Å². The van der Waals surface area contributed by atoms with Gasteiger partial charge >= 0.3 is 12.9 Å². The number of nitrogens with two attached hydrogens (primary N) is 1. The number of aldehydes is 2. The van der Waals surface area contributed by atoms with E-state index >= 15 is 0 Å². The number of benzene rings is 4. The van der Waals surface area contributed by atoms with Gasteiger partial charge in [0.05, 0.1) is 0 Å². The van der Waals surface area contributed by atoms with Crippen LogP contribution in [0.2, 0.25) is 0 Å². The number of carbonyl (C=O) groups is 2. The highest BCUT2D eigenvalue weighted by Gasteiger charge is 2.19. The molecule has 6 aromatic rings. The number of hydrogen-bond acceptors (Lipinski definition) is 10. The molecule has 0 saturated carbocycles. The number of nitrogen functional groups attached to an aromatic ring is 1. The summed E-state index contributed by atoms with van der Waals surface area (Å²) < 4.78 is 86.5. The summed E-state index contributed by atoms with van der Waals surface area (Å²) in [6, 6.07) is 22.0. The van der Waals surface area contributed by atoms with Crippen LogP contribution < -0.4 is 11.1 Å². The largest absolute Gasteiger partial charge is 0.415 e. The van der Waals surface area contributed by atoms with Crippen molar-refractivity contribution >= 4 is 39.9 Å². The first kappa shape index (κ1) is 38.0. The van der Waals surface area contributed by atoms with Crippen LogP contribution in [-0.2, 0) is 11.9 Å². The third-order valence-corrected chi connectivity index (χ3v) is 7.16. The summed E-state index contributed by atoms with van der Waals surface area (Å²) in [6.45, 7) is 0.181. The monoisotopic (exact) mass is 774 g/mol. The molecule has 0 fully saturated rings. The SMILES string of the molecule is Fc1cc(-c2nnc(C(F)F)o2)ccc1CBr.Nc1cccc(C=O)c1.O=Cc1cccc(NCc2ccc(-c3nnc(C(F)F)o3)cc2F)c1. The topological polar surface area (TPSA) is 150 Å². The van der Waals surface area contributed by atoms with Crippen LogP contribution in [0.4, 0.5) is 37.7 Å². The molecule has 2 heterocycles. The number of nitrogens with one attached hydrogen (secondary N) is 1. The fourth-order valence-electron chi connectivity index (χ4n) is 4.04. The highest BCUT2D eigenvalue weighted by molar-refractivity contribution is 9.08. The zero-order valence-corrected chi connectivity index (χ0v) is 27.5. The van der Waals surface area contributed by atoms with Gasteiger partial charge in [-0.25, -0.2) is 8.78 Å². The summed E-state index contributed by atoms with van der Waals surface area (Å²) in [5.74, 6) is -2.89. The Balaban J connectivity index is 0.000000192. The van der Waals surface area contributed by atoms with Gasteiger partial charge in [0.25, 0.3) is 11.8 Å². The summed E-state index contributed by atoms with van der Waals surface area (Å²) in [7, 11) is 0. The van der Waals surface area contributed by atoms with Crippen molar-refractivity contribution in [2.24, 2.45) is 0 Å². The Labute approximate surface area is 293 Å². The molecule has 6 rings (SSSR count). The van der Waals surface area contributed by atoms with Crippen molar-refractivity contribution < 1.29 is 44.8 Å². The van der Waals surface area contributed by atoms with E-state index in [9.17, 15) is 35.9 Å². The minimum Gasteiger partial charge on any atom is -0.415 e. The van der Waals surface area contributed by atoms with E-state index in [0.717, 1.165) is 18.6 Å². The van der Waals surface area contributed by atoms with Crippen LogP contribution in [0.3, 0.4) is 0 Å². The lowest BCUT2D eigenvalue weighted by atomic mass is 10.1. The highest BCUT2D eigenvalue weighted by atomic mass is 79.9. The van der Waals surface area contributed by atoms with Crippen molar-refractivity contribution in [3.63, 3.8) is 0 Å². The van der Waals surface area contributed by atoms with Crippen LogP contribution in [0.1, 0.15) is 56.5 Å². The minimum absolute atomic E-state index is 0.125. The molecule has 10 nitrogen and oxygen atoms in total. The Morgan fingerprint density at radius 2 is 1.20 bits per heavy atom. The first-order valence-corrected chi connectivity index (χ1v) is 15.6. The summed E-state index contributed by atoms with van der Waals surface area (Å²) in [6.07, 6.45) is -4.21. The van der Waals surface area contributed by atoms with Gasteiger partial charge in [-0.2, -0.15) is 17.6 Å². The molecule has 0 radical (unpaired) electrons. The van der Waals surface area contributed by atoms with E-state index in [1.54, 1.807) is 48.5 Å². The predicted octanol–water partition coefficient (Wildman–Crippen LogP) is 9.03. The number of rotatable bonds is 10. The number of alkyl halides is 5. The van der Waals surface area contributed by atoms with E-state index in [0.29, 0.717) is 39.0 Å². The summed E-state index contributed by atoms with van der Waals surface area (Å²) in [5, 5.41) is 16.7. The van der Waals surface area contributed by atoms with Crippen molar-refractivity contribution in [3.05, 3.63) is 131 Å². The van der Waals surface area contributed by atoms with Crippen LogP contribution in [0, 0.1) is 11.6 Å². The fraction of sp³-hybridized carbons (Fsp3) is 0.118. The molecular formula is C34H25BrF6N6O4. The average Bonchev–Trinajstić information content (AvgIpc) is 3.84. The molecule has 0 atom stereocenters. The lowest BCUT2D eigenvalue weighted by molar-refractivity contribution is 0.111. The van der Waals surface area contributed by atoms with E-state index in [-0.39, 0.29) is 29.5 Å². The van der Waals surface area contributed by atoms with Crippen molar-refractivity contribution in [1.29, 1.82) is 0 Å². The number of nitrogens with zero attached hydrogens (tertiary/aromatic N) is 4. The molecule has 3 N–H and O–H groups in total. The lowest BCUT2D eigenvalue weighted by Gasteiger charge is -2.08. The van der Waals surface area contributed by atoms with E-state index in [1.165, 1.54) is 30.3 Å². The van der Waals surface area contributed by atoms with Crippen molar-refractivity contribution in [3.8, 4) is 22.9 Å². The highest BCUT2D eigenvalue weighted by Crippen LogP contribution is 2.26. The van der Waals surface area contributed by atoms with E-state index in [1.807, 2.05) is 0 Å². The van der Waals surface area contributed by atoms with Gasteiger partial charge in [-0.1, -0.05) is 52.3 Å². The molecule has 0 bridgehead atoms. The molecule has 0 spiro atoms. The quantitative estimate of drug-likeness (QED) is 0.0597. The molecule has 2 aromatic heterocycles. The van der Waals surface area contributed by atoms with Crippen molar-refractivity contribution in [1.82, 2.24) is 20.4 Å². The fourth-order valence-corrected chi connectivity index (χ4v) is 4.50. The molecule has 51 heavy (non-hydrogen) atoms. The number of anilines is 2. The Hall–Kier alpha value is -5.84. The zero-order valence-electron chi connectivity index (χ0n) is 26.0. The summed E-state index contributed by atoms with van der Waals surface area (Å²) in [4.78, 5) is 20.9. The van der Waals surface area contributed by atoms with E-state index < -0.39 is 36.3 Å². The molecule has 264 valence electrons. The predicted molar refractivity (Wildman–Crippen MR) is 177 cm³/mol. The Morgan fingerprint density at radius 3 is 1.63 bits per heavy atom. The number of carbonyl (C=O) groups excluding carboxylic acids is 2. The Morgan fingerprint density at radius 1 is 0.686 bits per heavy atom. The second kappa shape index (κ2) is 18.2. The van der Waals surface area contributed by atoms with E-state index in [4.69, 9.17) is 14.6 Å². The molecule has 0 aliphatic carbocycles. The minimum atomic E-state index is -2.88. The summed E-state index contributed by atoms with van der Waals surface area (Å²) >= 11 is 3.12. The van der Waals surface area contributed by atoms with Gasteiger partial charge in [0.1, 0.15) is 24.2 Å². The van der Waals surface area contributed by atoms with Crippen molar-refractivity contribution in [2.75, 3.05) is 11.1 Å². The van der Waals surface area contributed by atoms with Gasteiger partial charge in [-0.05, 0) is 54.1 Å². The molecule has 0 aliphatic heterocycles. The number of halogens is 7. The maximum absolute atomic E-state index is 14.2. The smallest absolute Gasteiger partial charge is 0.314 e. The molecule has 0 aliphatic rings. The van der Waals surface area contributed by atoms with Crippen LogP contribution in [-0.4, -0.2) is 33.0 Å². The van der Waals surface area contributed by atoms with Crippen LogP contribution in [0.15, 0.2) is 93.8 Å². The molecule has 0 saturated heterocycles. The number of aromatic nitrogens is 4. The second-order valence-electron chi connectivity index (χ2n) is 10.1. The van der Waals surface area contributed by atoms with Gasteiger partial charge < -0.3 is 19.9 Å². The number of hydrogen-bond donors (Lipinski definition) is 2. The van der Waals surface area contributed by atoms with Gasteiger partial charge in [0.15, 0.2) is 0 Å². The second-order valence-corrected chi connectivity index (χ2v) is 10.7. The van der Waals surface area contributed by atoms with Gasteiger partial charge in [-0.3, -0.25) is 9.59 Å². The third-order valence-electron chi connectivity index (χ3n) is 6.55. The molecule has 0 unspecified atom stereocenters. The van der Waals surface area contributed by atoms with Gasteiger partial charge in [0, 0.05) is 51.1 Å². The van der Waals surface area contributed by atoms with Crippen LogP contribution in [0.25, 0.3) is 22.9 Å². The average molecular weight is 776 g/mol. The van der Waals surface area contributed by atoms with Crippen molar-refractivity contribution in [2.45, 2.75) is 24.7 Å². The maximum atomic E-state index is 14.2. The van der Waals surface area contributed by atoms with E-state index in [2.05, 4.69) is 41.6 Å². The maximum Gasteiger partial charge on any atom is 0.314 e. The normalized spacial score (nSPS) is 10.6. The van der Waals surface area contributed by atoms with Gasteiger partial charge in [-0.15, -0.1) is 20.4 Å². The summed E-state index contributed by atoms with van der Waals surface area (Å²) in [5.41, 5.74) is 9.10. The standard InChI is InChI=1S/C17H12F3N3O2.C10H6BrF3N2O.C7H7NO/c18-14-7-11(16-22-23-17(25-16)15(19)20)4-5-12(14)8-21-13-3-1-2-10(6-13)9-24;11-4-6-2-1-5(3-7(6)12)9-15-16-10(17-9)8(13)14;8-7-3-1-2-6(4-7)5-9/h1-7,9,15,21H,8H2;1-3,8H,4H2;1-5H,8H2. The van der Waals surface area contributed by atoms with Crippen LogP contribution in [0.5, 0.6) is 0 Å². The molecule has 0 amide bonds. The first-order valence-electron chi connectivity index (χ1n) is 14.5. The first-order chi connectivity index (χ1) is 24.5. The molecular weight excluding hydrogens is 750 g/mol. The van der Waals surface area contributed by atoms with Crippen LogP contribution >= 0.6 is 15.9 Å². The zero-order chi connectivity index (χ0) is 36.9. The Kier molecular flexibility index (Phi) is 13.6. The molecule has 17 heteroatoms. The lowest BCUT2D eigenvalue weighted by Crippen LogP contribution is -2.02. The third kappa shape index (κ3) is 10.8. The molecule has 4 aromatic carbocycles.